The number of nitrogens with one attached hydrogen (secondary N) is 1. The van der Waals surface area contributed by atoms with Crippen molar-refractivity contribution >= 4 is 9.84 Å². The molecule has 0 bridgehead atoms. The molecule has 2 N–H and O–H groups in total. The summed E-state index contributed by atoms with van der Waals surface area (Å²) in [5.74, 6) is 0. The largest absolute Gasteiger partial charge is 0.389 e. The SMILES string of the molecule is CO[C@@H]1O[C@H](COC(c2ccccc2)(c2ccccc2)c2ccccc2)[C@@H](O)[C@H](S(=O)(=O)c2ccc(C)cc2)[C@H]1NC(C)C. The van der Waals surface area contributed by atoms with Crippen molar-refractivity contribution in [2.75, 3.05) is 13.7 Å². The molecule has 8 heteroatoms. The highest BCUT2D eigenvalue weighted by Gasteiger charge is 2.53. The summed E-state index contributed by atoms with van der Waals surface area (Å²) in [5, 5.41) is 13.9. The van der Waals surface area contributed by atoms with E-state index in [0.717, 1.165) is 22.3 Å². The summed E-state index contributed by atoms with van der Waals surface area (Å²) in [4.78, 5) is 0.131. The van der Waals surface area contributed by atoms with E-state index in [2.05, 4.69) is 5.32 Å². The van der Waals surface area contributed by atoms with Crippen molar-refractivity contribution in [1.29, 1.82) is 0 Å². The van der Waals surface area contributed by atoms with Crippen molar-refractivity contribution in [3.05, 3.63) is 138 Å². The van der Waals surface area contributed by atoms with Gasteiger partial charge in [-0.2, -0.15) is 0 Å². The second kappa shape index (κ2) is 13.7. The van der Waals surface area contributed by atoms with Gasteiger partial charge in [-0.3, -0.25) is 0 Å². The van der Waals surface area contributed by atoms with Crippen LogP contribution in [0.25, 0.3) is 0 Å². The maximum Gasteiger partial charge on any atom is 0.185 e. The van der Waals surface area contributed by atoms with Gasteiger partial charge < -0.3 is 24.6 Å². The highest BCUT2D eigenvalue weighted by Crippen LogP contribution is 2.41. The molecular weight excluding hydrogens is 574 g/mol. The van der Waals surface area contributed by atoms with Crippen LogP contribution in [0.3, 0.4) is 0 Å². The van der Waals surface area contributed by atoms with Crippen LogP contribution in [0.2, 0.25) is 0 Å². The van der Waals surface area contributed by atoms with Crippen molar-refractivity contribution in [3.63, 3.8) is 0 Å². The molecule has 0 saturated carbocycles. The summed E-state index contributed by atoms with van der Waals surface area (Å²) in [7, 11) is -2.56. The molecule has 44 heavy (non-hydrogen) atoms. The predicted octanol–water partition coefficient (Wildman–Crippen LogP) is 5.24. The minimum absolute atomic E-state index is 0.0983. The zero-order valence-electron chi connectivity index (χ0n) is 25.5. The molecule has 4 aromatic carbocycles. The van der Waals surface area contributed by atoms with Crippen LogP contribution in [0.4, 0.5) is 0 Å². The lowest BCUT2D eigenvalue weighted by molar-refractivity contribution is -0.240. The van der Waals surface area contributed by atoms with Crippen LogP contribution in [-0.2, 0) is 29.6 Å². The second-order valence-corrected chi connectivity index (χ2v) is 13.6. The maximum absolute atomic E-state index is 14.2. The Morgan fingerprint density at radius 2 is 1.30 bits per heavy atom. The zero-order valence-corrected chi connectivity index (χ0v) is 26.4. The summed E-state index contributed by atoms with van der Waals surface area (Å²) >= 11 is 0. The lowest BCUT2D eigenvalue weighted by Gasteiger charge is -2.46. The van der Waals surface area contributed by atoms with Crippen molar-refractivity contribution < 1.29 is 27.7 Å². The monoisotopic (exact) mass is 615 g/mol. The fourth-order valence-corrected chi connectivity index (χ4v) is 8.02. The molecule has 0 radical (unpaired) electrons. The van der Waals surface area contributed by atoms with E-state index in [4.69, 9.17) is 14.2 Å². The van der Waals surface area contributed by atoms with Crippen molar-refractivity contribution in [2.45, 2.75) is 67.1 Å². The Labute approximate surface area is 260 Å². The van der Waals surface area contributed by atoms with Crippen molar-refractivity contribution in [2.24, 2.45) is 0 Å². The summed E-state index contributed by atoms with van der Waals surface area (Å²) in [5.41, 5.74) is 2.51. The van der Waals surface area contributed by atoms with E-state index in [1.54, 1.807) is 24.3 Å². The number of rotatable bonds is 11. The predicted molar refractivity (Wildman–Crippen MR) is 171 cm³/mol. The van der Waals surface area contributed by atoms with Gasteiger partial charge in [0.1, 0.15) is 23.1 Å². The Kier molecular flexibility index (Phi) is 10.00. The molecule has 1 fully saturated rings. The van der Waals surface area contributed by atoms with Gasteiger partial charge in [0.2, 0.25) is 0 Å². The molecule has 1 aliphatic rings. The van der Waals surface area contributed by atoms with Crippen LogP contribution in [0.5, 0.6) is 0 Å². The Bertz CT molecular complexity index is 1480. The number of sulfone groups is 1. The van der Waals surface area contributed by atoms with Gasteiger partial charge in [0, 0.05) is 13.2 Å². The molecule has 7 nitrogen and oxygen atoms in total. The number of benzene rings is 4. The third-order valence-electron chi connectivity index (χ3n) is 8.14. The third kappa shape index (κ3) is 6.38. The smallest absolute Gasteiger partial charge is 0.185 e. The van der Waals surface area contributed by atoms with Crippen LogP contribution < -0.4 is 5.32 Å². The first-order chi connectivity index (χ1) is 21.2. The van der Waals surface area contributed by atoms with Crippen molar-refractivity contribution in [1.82, 2.24) is 5.32 Å². The molecule has 232 valence electrons. The fourth-order valence-electron chi connectivity index (χ4n) is 6.05. The summed E-state index contributed by atoms with van der Waals surface area (Å²) < 4.78 is 47.4. The van der Waals surface area contributed by atoms with E-state index in [1.165, 1.54) is 7.11 Å². The first-order valence-corrected chi connectivity index (χ1v) is 16.5. The van der Waals surface area contributed by atoms with Crippen LogP contribution in [0.1, 0.15) is 36.1 Å². The van der Waals surface area contributed by atoms with Gasteiger partial charge in [-0.25, -0.2) is 8.42 Å². The molecule has 0 spiro atoms. The summed E-state index contributed by atoms with van der Waals surface area (Å²) in [6.07, 6.45) is -3.41. The average Bonchev–Trinajstić information content (AvgIpc) is 3.03. The molecule has 5 atom stereocenters. The molecule has 0 aromatic heterocycles. The lowest BCUT2D eigenvalue weighted by Crippen LogP contribution is -2.67. The number of hydrogen-bond donors (Lipinski definition) is 2. The topological polar surface area (TPSA) is 94.1 Å². The average molecular weight is 616 g/mol. The van der Waals surface area contributed by atoms with Gasteiger partial charge >= 0.3 is 0 Å². The Morgan fingerprint density at radius 3 is 1.73 bits per heavy atom. The van der Waals surface area contributed by atoms with E-state index >= 15 is 0 Å². The van der Waals surface area contributed by atoms with Crippen LogP contribution in [-0.4, -0.2) is 63.1 Å². The van der Waals surface area contributed by atoms with Gasteiger partial charge in [-0.05, 0) is 35.7 Å². The Morgan fingerprint density at radius 1 is 0.818 bits per heavy atom. The number of aryl methyl sites for hydroxylation is 1. The van der Waals surface area contributed by atoms with Gasteiger partial charge in [0.15, 0.2) is 16.1 Å². The minimum atomic E-state index is -4.04. The molecule has 4 aromatic rings. The van der Waals surface area contributed by atoms with E-state index in [-0.39, 0.29) is 17.5 Å². The van der Waals surface area contributed by atoms with Gasteiger partial charge in [0.05, 0.1) is 17.5 Å². The van der Waals surface area contributed by atoms with Gasteiger partial charge in [-0.1, -0.05) is 123 Å². The molecule has 0 unspecified atom stereocenters. The first-order valence-electron chi connectivity index (χ1n) is 14.9. The van der Waals surface area contributed by atoms with Gasteiger partial charge in [-0.15, -0.1) is 0 Å². The second-order valence-electron chi connectivity index (χ2n) is 11.5. The maximum atomic E-state index is 14.2. The number of methoxy groups -OCH3 is 1. The number of aliphatic hydroxyl groups excluding tert-OH is 1. The molecule has 0 aliphatic carbocycles. The van der Waals surface area contributed by atoms with Gasteiger partial charge in [0.25, 0.3) is 0 Å². The number of hydrogen-bond acceptors (Lipinski definition) is 7. The molecular formula is C36H41NO6S. The summed E-state index contributed by atoms with van der Waals surface area (Å²) in [6.45, 7) is 5.61. The molecule has 1 saturated heterocycles. The highest BCUT2D eigenvalue weighted by molar-refractivity contribution is 7.92. The van der Waals surface area contributed by atoms with Crippen LogP contribution in [0, 0.1) is 6.92 Å². The summed E-state index contributed by atoms with van der Waals surface area (Å²) in [6, 6.07) is 35.3. The van der Waals surface area contributed by atoms with E-state index < -0.39 is 45.2 Å². The van der Waals surface area contributed by atoms with E-state index in [1.807, 2.05) is 112 Å². The zero-order chi connectivity index (χ0) is 31.3. The fraction of sp³-hybridized carbons (Fsp3) is 0.333. The van der Waals surface area contributed by atoms with Crippen LogP contribution >= 0.6 is 0 Å². The highest BCUT2D eigenvalue weighted by atomic mass is 32.2. The molecule has 5 rings (SSSR count). The Hall–Kier alpha value is -3.37. The molecule has 1 heterocycles. The molecule has 1 aliphatic heterocycles. The number of ether oxygens (including phenoxy) is 3. The quantitative estimate of drug-likeness (QED) is 0.223. The molecule has 0 amide bonds. The normalized spacial score (nSPS) is 22.6. The van der Waals surface area contributed by atoms with E-state index in [9.17, 15) is 13.5 Å². The van der Waals surface area contributed by atoms with Crippen LogP contribution in [0.15, 0.2) is 120 Å². The van der Waals surface area contributed by atoms with Crippen molar-refractivity contribution in [3.8, 4) is 0 Å². The third-order valence-corrected chi connectivity index (χ3v) is 10.4. The number of aliphatic hydroxyl groups is 1. The standard InChI is InChI=1S/C36H41NO6S/c1-25(2)37-32-34(44(39,40)30-22-20-26(3)21-23-30)33(38)31(43-35(32)41-4)24-42-36(27-14-8-5-9-15-27,28-16-10-6-11-17-28)29-18-12-7-13-19-29/h5-23,25,31-35,37-38H,24H2,1-4H3/t31-,32-,33-,34-,35-/m1/s1. The minimum Gasteiger partial charge on any atom is -0.389 e. The lowest BCUT2D eigenvalue weighted by atomic mass is 9.80. The van der Waals surface area contributed by atoms with E-state index in [0.29, 0.717) is 0 Å². The Balaban J connectivity index is 1.58. The first kappa shape index (κ1) is 32.0.